The van der Waals surface area contributed by atoms with E-state index in [1.807, 2.05) is 68.4 Å². The lowest BCUT2D eigenvalue weighted by atomic mass is 10.0. The Morgan fingerprint density at radius 1 is 0.490 bits per heavy atom. The molecule has 49 heavy (non-hydrogen) atoms. The van der Waals surface area contributed by atoms with Gasteiger partial charge in [-0.05, 0) is 93.1 Å². The number of nitrogens with one attached hydrogen (secondary N) is 1. The van der Waals surface area contributed by atoms with E-state index in [2.05, 4.69) is 133 Å². The molecule has 4 nitrogen and oxygen atoms in total. The first-order valence-electron chi connectivity index (χ1n) is 16.4. The third-order valence-corrected chi connectivity index (χ3v) is 7.55. The Balaban J connectivity index is 0.000000729. The zero-order chi connectivity index (χ0) is 34.4. The lowest BCUT2D eigenvalue weighted by molar-refractivity contribution is 1.26. The Morgan fingerprint density at radius 2 is 0.939 bits per heavy atom. The monoisotopic (exact) mass is 638 g/mol. The summed E-state index contributed by atoms with van der Waals surface area (Å²) in [6.45, 7) is 12.6. The van der Waals surface area contributed by atoms with Gasteiger partial charge >= 0.3 is 0 Å². The average molecular weight is 639 g/mol. The summed E-state index contributed by atoms with van der Waals surface area (Å²) in [5.74, 6) is 0. The van der Waals surface area contributed by atoms with Crippen LogP contribution >= 0.6 is 0 Å². The number of hydrogen-bond donors (Lipinski definition) is 1. The van der Waals surface area contributed by atoms with E-state index in [9.17, 15) is 0 Å². The van der Waals surface area contributed by atoms with E-state index >= 15 is 0 Å². The maximum atomic E-state index is 5.17. The van der Waals surface area contributed by atoms with Crippen molar-refractivity contribution in [3.8, 4) is 22.5 Å². The molecule has 0 unspecified atom stereocenters. The smallest absolute Gasteiger partial charge is 0.0973 e. The van der Waals surface area contributed by atoms with Crippen LogP contribution in [0.4, 0.5) is 28.4 Å². The number of hydrogen-bond acceptors (Lipinski definition) is 4. The van der Waals surface area contributed by atoms with Gasteiger partial charge in [0, 0.05) is 39.6 Å². The Bertz CT molecular complexity index is 2070. The van der Waals surface area contributed by atoms with Gasteiger partial charge in [0.1, 0.15) is 0 Å². The van der Waals surface area contributed by atoms with Gasteiger partial charge < -0.3 is 10.2 Å². The minimum atomic E-state index is 0.877. The topological polar surface area (TPSA) is 41.1 Å². The molecule has 0 aliphatic rings. The van der Waals surface area contributed by atoms with Crippen molar-refractivity contribution in [2.45, 2.75) is 20.8 Å². The van der Waals surface area contributed by atoms with Crippen molar-refractivity contribution in [2.24, 2.45) is 0 Å². The van der Waals surface area contributed by atoms with Crippen molar-refractivity contribution < 1.29 is 0 Å². The number of rotatable bonds is 7. The van der Waals surface area contributed by atoms with Gasteiger partial charge in [0.2, 0.25) is 0 Å². The van der Waals surface area contributed by atoms with Gasteiger partial charge in [-0.15, -0.1) is 13.2 Å². The first-order valence-corrected chi connectivity index (χ1v) is 16.4. The first kappa shape index (κ1) is 34.1. The van der Waals surface area contributed by atoms with Crippen LogP contribution in [0.2, 0.25) is 0 Å². The molecule has 0 atom stereocenters. The van der Waals surface area contributed by atoms with Gasteiger partial charge in [-0.1, -0.05) is 103 Å². The molecule has 0 spiro atoms. The molecule has 242 valence electrons. The first-order chi connectivity index (χ1) is 24.1. The minimum Gasteiger partial charge on any atom is -0.356 e. The normalized spacial score (nSPS) is 10.1. The number of nitrogens with zero attached hydrogens (tertiary/aromatic N) is 3. The highest BCUT2D eigenvalue weighted by Gasteiger charge is 2.16. The molecular formula is C45H42N4. The van der Waals surface area contributed by atoms with Gasteiger partial charge in [-0.2, -0.15) is 0 Å². The Kier molecular flexibility index (Phi) is 11.9. The summed E-state index contributed by atoms with van der Waals surface area (Å²) in [6, 6.07) is 54.3. The van der Waals surface area contributed by atoms with Crippen LogP contribution in [-0.4, -0.2) is 9.97 Å². The van der Waals surface area contributed by atoms with Crippen LogP contribution in [0.3, 0.4) is 0 Å². The zero-order valence-corrected chi connectivity index (χ0v) is 28.4. The molecular weight excluding hydrogens is 597 g/mol. The SMILES string of the molecule is C=CC.C=CC.Cc1cccc2nc(-c3ccccc3)c(-c3ccc(N(c4ccccc4)c4ccc(Nc5ccccc5)cc4)cc3)nc12. The molecule has 0 saturated heterocycles. The van der Waals surface area contributed by atoms with Crippen molar-refractivity contribution in [1.29, 1.82) is 0 Å². The molecule has 7 rings (SSSR count). The number of para-hydroxylation sites is 3. The Hall–Kier alpha value is -6.26. The second-order valence-corrected chi connectivity index (χ2v) is 11.3. The van der Waals surface area contributed by atoms with E-state index in [0.717, 1.165) is 67.5 Å². The van der Waals surface area contributed by atoms with Crippen molar-refractivity contribution in [1.82, 2.24) is 9.97 Å². The second kappa shape index (κ2) is 17.1. The predicted octanol–water partition coefficient (Wildman–Crippen LogP) is 12.9. The lowest BCUT2D eigenvalue weighted by Gasteiger charge is -2.26. The molecule has 0 amide bonds. The molecule has 0 aliphatic carbocycles. The fourth-order valence-electron chi connectivity index (χ4n) is 5.39. The molecule has 1 N–H and O–H groups in total. The fraction of sp³-hybridized carbons (Fsp3) is 0.0667. The van der Waals surface area contributed by atoms with Crippen molar-refractivity contribution in [2.75, 3.05) is 10.2 Å². The van der Waals surface area contributed by atoms with Crippen LogP contribution in [0, 0.1) is 6.92 Å². The summed E-state index contributed by atoms with van der Waals surface area (Å²) in [4.78, 5) is 12.5. The van der Waals surface area contributed by atoms with E-state index in [0.29, 0.717) is 0 Å². The third kappa shape index (κ3) is 8.56. The number of benzene rings is 6. The van der Waals surface area contributed by atoms with Crippen LogP contribution in [0.1, 0.15) is 19.4 Å². The van der Waals surface area contributed by atoms with Crippen molar-refractivity contribution in [3.05, 3.63) is 189 Å². The average Bonchev–Trinajstić information content (AvgIpc) is 3.14. The Labute approximate surface area is 290 Å². The molecule has 1 aromatic heterocycles. The highest BCUT2D eigenvalue weighted by molar-refractivity contribution is 5.88. The van der Waals surface area contributed by atoms with E-state index in [1.54, 1.807) is 12.2 Å². The fourth-order valence-corrected chi connectivity index (χ4v) is 5.39. The number of allylic oxidation sites excluding steroid dienone is 2. The molecule has 0 bridgehead atoms. The van der Waals surface area contributed by atoms with Crippen LogP contribution in [0.25, 0.3) is 33.5 Å². The molecule has 7 aromatic rings. The molecule has 0 aliphatic heterocycles. The van der Waals surface area contributed by atoms with Gasteiger partial charge in [0.25, 0.3) is 0 Å². The third-order valence-electron chi connectivity index (χ3n) is 7.55. The summed E-state index contributed by atoms with van der Waals surface area (Å²) in [6.07, 6.45) is 3.50. The molecule has 0 saturated carbocycles. The van der Waals surface area contributed by atoms with Crippen molar-refractivity contribution in [3.63, 3.8) is 0 Å². The van der Waals surface area contributed by atoms with Crippen LogP contribution in [-0.2, 0) is 0 Å². The van der Waals surface area contributed by atoms with Gasteiger partial charge in [-0.25, -0.2) is 9.97 Å². The quantitative estimate of drug-likeness (QED) is 0.176. The van der Waals surface area contributed by atoms with Gasteiger partial charge in [0.15, 0.2) is 0 Å². The lowest BCUT2D eigenvalue weighted by Crippen LogP contribution is -2.09. The predicted molar refractivity (Wildman–Crippen MR) is 211 cm³/mol. The number of aryl methyl sites for hydroxylation is 1. The maximum Gasteiger partial charge on any atom is 0.0973 e. The molecule has 0 radical (unpaired) electrons. The van der Waals surface area contributed by atoms with E-state index in [1.165, 1.54) is 0 Å². The highest BCUT2D eigenvalue weighted by Crippen LogP contribution is 2.38. The van der Waals surface area contributed by atoms with Crippen molar-refractivity contribution >= 4 is 39.5 Å². The molecule has 6 aromatic carbocycles. The second-order valence-electron chi connectivity index (χ2n) is 11.3. The largest absolute Gasteiger partial charge is 0.356 e. The summed E-state index contributed by atoms with van der Waals surface area (Å²) in [5.41, 5.74) is 12.1. The van der Waals surface area contributed by atoms with Gasteiger partial charge in [0.05, 0.1) is 22.4 Å². The van der Waals surface area contributed by atoms with Crippen LogP contribution in [0.5, 0.6) is 0 Å². The minimum absolute atomic E-state index is 0.877. The number of aromatic nitrogens is 2. The van der Waals surface area contributed by atoms with E-state index in [-0.39, 0.29) is 0 Å². The summed E-state index contributed by atoms with van der Waals surface area (Å²) in [5, 5.41) is 3.48. The summed E-state index contributed by atoms with van der Waals surface area (Å²) >= 11 is 0. The number of anilines is 5. The summed E-state index contributed by atoms with van der Waals surface area (Å²) < 4.78 is 0. The maximum absolute atomic E-state index is 5.17. The molecule has 0 fully saturated rings. The van der Waals surface area contributed by atoms with Gasteiger partial charge in [-0.3, -0.25) is 0 Å². The van der Waals surface area contributed by atoms with E-state index in [4.69, 9.17) is 9.97 Å². The van der Waals surface area contributed by atoms with Crippen LogP contribution in [0.15, 0.2) is 183 Å². The molecule has 4 heteroatoms. The summed E-state index contributed by atoms with van der Waals surface area (Å²) in [7, 11) is 0. The standard InChI is InChI=1S/C39H30N4.2C3H6/c1-28-12-11-19-36-37(28)42-39(38(41-36)29-13-5-2-6-14-29)30-20-24-34(25-21-30)43(33-17-9-4-10-18-33)35-26-22-32(23-27-35)40-31-15-7-3-8-16-31;2*1-3-2/h2-27,40H,1H3;2*3H,1H2,2H3. The zero-order valence-electron chi connectivity index (χ0n) is 28.4. The number of fused-ring (bicyclic) bond motifs is 1. The Morgan fingerprint density at radius 3 is 1.53 bits per heavy atom. The van der Waals surface area contributed by atoms with E-state index < -0.39 is 0 Å². The molecule has 1 heterocycles. The highest BCUT2D eigenvalue weighted by atomic mass is 15.1. The van der Waals surface area contributed by atoms with Crippen LogP contribution < -0.4 is 10.2 Å².